The molecule has 4 rings (SSSR count). The topological polar surface area (TPSA) is 86.5 Å². The first-order valence-corrected chi connectivity index (χ1v) is 8.82. The maximum Gasteiger partial charge on any atom is 0.259 e. The van der Waals surface area contributed by atoms with Crippen LogP contribution in [0.1, 0.15) is 46.1 Å². The van der Waals surface area contributed by atoms with E-state index >= 15 is 0 Å². The average molecular weight is 367 g/mol. The summed E-state index contributed by atoms with van der Waals surface area (Å²) in [5, 5.41) is 7.60. The van der Waals surface area contributed by atoms with Crippen LogP contribution in [0.15, 0.2) is 22.7 Å². The van der Waals surface area contributed by atoms with Gasteiger partial charge in [0.05, 0.1) is 30.9 Å². The van der Waals surface area contributed by atoms with Gasteiger partial charge in [-0.3, -0.25) is 4.79 Å². The van der Waals surface area contributed by atoms with Crippen molar-refractivity contribution in [2.24, 2.45) is 0 Å². The van der Waals surface area contributed by atoms with Crippen LogP contribution < -0.4 is 14.8 Å². The third kappa shape index (κ3) is 3.09. The number of fused-ring (bicyclic) bond motifs is 1. The van der Waals surface area contributed by atoms with Crippen LogP contribution in [0.3, 0.4) is 0 Å². The molecule has 0 bridgehead atoms. The standard InChI is InChI=1S/C20H21N3O4/c1-10-7-16(25-3)17(26-4)9-14(10)21-19(24)13-8-15(12-5-6-12)22-20-18(13)11(2)23-27-20/h7-9,12H,5-6H2,1-4H3,(H,21,24). The average Bonchev–Trinajstić information content (AvgIpc) is 3.46. The van der Waals surface area contributed by atoms with E-state index in [1.807, 2.05) is 26.0 Å². The lowest BCUT2D eigenvalue weighted by molar-refractivity contribution is 0.102. The van der Waals surface area contributed by atoms with Crippen molar-refractivity contribution in [2.45, 2.75) is 32.6 Å². The van der Waals surface area contributed by atoms with E-state index in [1.165, 1.54) is 0 Å². The van der Waals surface area contributed by atoms with E-state index in [0.29, 0.717) is 45.5 Å². The minimum absolute atomic E-state index is 0.231. The highest BCUT2D eigenvalue weighted by atomic mass is 16.5. The molecule has 1 fully saturated rings. The van der Waals surface area contributed by atoms with E-state index < -0.39 is 0 Å². The Hall–Kier alpha value is -3.09. The van der Waals surface area contributed by atoms with Crippen molar-refractivity contribution in [2.75, 3.05) is 19.5 Å². The van der Waals surface area contributed by atoms with Crippen molar-refractivity contribution in [1.29, 1.82) is 0 Å². The van der Waals surface area contributed by atoms with Gasteiger partial charge in [0, 0.05) is 23.4 Å². The second-order valence-corrected chi connectivity index (χ2v) is 6.79. The normalized spacial score (nSPS) is 13.6. The highest BCUT2D eigenvalue weighted by Gasteiger charge is 2.28. The number of benzene rings is 1. The second-order valence-electron chi connectivity index (χ2n) is 6.79. The summed E-state index contributed by atoms with van der Waals surface area (Å²) in [4.78, 5) is 17.6. The Morgan fingerprint density at radius 2 is 1.85 bits per heavy atom. The lowest BCUT2D eigenvalue weighted by Crippen LogP contribution is -2.14. The molecule has 0 aliphatic heterocycles. The Morgan fingerprint density at radius 3 is 2.52 bits per heavy atom. The van der Waals surface area contributed by atoms with Crippen LogP contribution in [0.25, 0.3) is 11.1 Å². The monoisotopic (exact) mass is 367 g/mol. The molecular formula is C20H21N3O4. The van der Waals surface area contributed by atoms with Gasteiger partial charge in [0.25, 0.3) is 11.6 Å². The van der Waals surface area contributed by atoms with Crippen LogP contribution in [0.5, 0.6) is 11.5 Å². The van der Waals surface area contributed by atoms with Crippen LogP contribution in [0.2, 0.25) is 0 Å². The zero-order chi connectivity index (χ0) is 19.1. The Bertz CT molecular complexity index is 1040. The van der Waals surface area contributed by atoms with Crippen molar-refractivity contribution in [3.63, 3.8) is 0 Å². The van der Waals surface area contributed by atoms with Gasteiger partial charge < -0.3 is 19.3 Å². The fourth-order valence-electron chi connectivity index (χ4n) is 3.19. The summed E-state index contributed by atoms with van der Waals surface area (Å²) >= 11 is 0. The molecule has 2 heterocycles. The van der Waals surface area contributed by atoms with E-state index in [1.54, 1.807) is 20.3 Å². The van der Waals surface area contributed by atoms with Gasteiger partial charge in [0.15, 0.2) is 11.5 Å². The molecule has 1 aliphatic rings. The predicted octanol–water partition coefficient (Wildman–Crippen LogP) is 3.99. The molecule has 140 valence electrons. The minimum Gasteiger partial charge on any atom is -0.493 e. The van der Waals surface area contributed by atoms with E-state index in [2.05, 4.69) is 15.5 Å². The van der Waals surface area contributed by atoms with Gasteiger partial charge in [-0.05, 0) is 44.4 Å². The largest absolute Gasteiger partial charge is 0.493 e. The number of amides is 1. The first-order valence-electron chi connectivity index (χ1n) is 8.82. The zero-order valence-corrected chi connectivity index (χ0v) is 15.8. The van der Waals surface area contributed by atoms with Crippen molar-refractivity contribution in [3.05, 3.63) is 40.7 Å². The summed E-state index contributed by atoms with van der Waals surface area (Å²) < 4.78 is 16.0. The Kier molecular flexibility index (Phi) is 4.22. The maximum atomic E-state index is 13.1. The number of nitrogens with one attached hydrogen (secondary N) is 1. The number of hydrogen-bond acceptors (Lipinski definition) is 6. The lowest BCUT2D eigenvalue weighted by Gasteiger charge is -2.14. The summed E-state index contributed by atoms with van der Waals surface area (Å²) in [7, 11) is 3.14. The summed E-state index contributed by atoms with van der Waals surface area (Å²) in [6.45, 7) is 3.71. The van der Waals surface area contributed by atoms with Crippen molar-refractivity contribution in [1.82, 2.24) is 10.1 Å². The molecular weight excluding hydrogens is 346 g/mol. The van der Waals surface area contributed by atoms with Gasteiger partial charge in [-0.15, -0.1) is 0 Å². The number of nitrogens with zero attached hydrogens (tertiary/aromatic N) is 2. The van der Waals surface area contributed by atoms with Gasteiger partial charge >= 0.3 is 0 Å². The quantitative estimate of drug-likeness (QED) is 0.734. The van der Waals surface area contributed by atoms with Gasteiger partial charge in [-0.1, -0.05) is 5.16 Å². The molecule has 0 unspecified atom stereocenters. The molecule has 0 radical (unpaired) electrons. The number of methoxy groups -OCH3 is 2. The van der Waals surface area contributed by atoms with Crippen LogP contribution in [0, 0.1) is 13.8 Å². The molecule has 2 aromatic heterocycles. The number of aryl methyl sites for hydroxylation is 2. The lowest BCUT2D eigenvalue weighted by atomic mass is 10.1. The Labute approximate surface area is 156 Å². The highest BCUT2D eigenvalue weighted by molar-refractivity contribution is 6.12. The van der Waals surface area contributed by atoms with E-state index in [0.717, 1.165) is 24.1 Å². The minimum atomic E-state index is -0.231. The Morgan fingerprint density at radius 1 is 1.15 bits per heavy atom. The van der Waals surface area contributed by atoms with E-state index in [9.17, 15) is 4.79 Å². The molecule has 1 amide bonds. The van der Waals surface area contributed by atoms with Crippen LogP contribution in [-0.2, 0) is 0 Å². The molecule has 1 N–H and O–H groups in total. The molecule has 0 spiro atoms. The molecule has 0 saturated heterocycles. The van der Waals surface area contributed by atoms with Crippen LogP contribution in [-0.4, -0.2) is 30.3 Å². The molecule has 1 saturated carbocycles. The molecule has 1 aromatic carbocycles. The molecule has 3 aromatic rings. The number of aromatic nitrogens is 2. The number of anilines is 1. The van der Waals surface area contributed by atoms with Crippen molar-refractivity contribution in [3.8, 4) is 11.5 Å². The first-order chi connectivity index (χ1) is 13.0. The zero-order valence-electron chi connectivity index (χ0n) is 15.8. The maximum absolute atomic E-state index is 13.1. The smallest absolute Gasteiger partial charge is 0.259 e. The number of ether oxygens (including phenoxy) is 2. The molecule has 0 atom stereocenters. The van der Waals surface area contributed by atoms with Crippen LogP contribution >= 0.6 is 0 Å². The molecule has 1 aliphatic carbocycles. The van der Waals surface area contributed by atoms with Gasteiger partial charge in [-0.25, -0.2) is 4.98 Å². The van der Waals surface area contributed by atoms with Crippen molar-refractivity contribution >= 4 is 22.7 Å². The number of carbonyl (C=O) groups excluding carboxylic acids is 1. The Balaban J connectivity index is 1.74. The highest BCUT2D eigenvalue weighted by Crippen LogP contribution is 2.40. The summed E-state index contributed by atoms with van der Waals surface area (Å²) in [6, 6.07) is 5.44. The SMILES string of the molecule is COc1cc(C)c(NC(=O)c2cc(C3CC3)nc3onc(C)c23)cc1OC. The van der Waals surface area contributed by atoms with E-state index in [4.69, 9.17) is 14.0 Å². The summed E-state index contributed by atoms with van der Waals surface area (Å²) in [5.41, 5.74) is 3.99. The third-order valence-electron chi connectivity index (χ3n) is 4.86. The van der Waals surface area contributed by atoms with Gasteiger partial charge in [0.1, 0.15) is 0 Å². The fourth-order valence-corrected chi connectivity index (χ4v) is 3.19. The second kappa shape index (κ2) is 6.57. The first kappa shape index (κ1) is 17.3. The number of carbonyl (C=O) groups is 1. The van der Waals surface area contributed by atoms with Crippen LogP contribution in [0.4, 0.5) is 5.69 Å². The summed E-state index contributed by atoms with van der Waals surface area (Å²) in [6.07, 6.45) is 2.17. The third-order valence-corrected chi connectivity index (χ3v) is 4.86. The van der Waals surface area contributed by atoms with E-state index in [-0.39, 0.29) is 5.91 Å². The van der Waals surface area contributed by atoms with Crippen molar-refractivity contribution < 1.29 is 18.8 Å². The van der Waals surface area contributed by atoms with Gasteiger partial charge in [0.2, 0.25) is 0 Å². The number of hydrogen-bond donors (Lipinski definition) is 1. The van der Waals surface area contributed by atoms with Gasteiger partial charge in [-0.2, -0.15) is 0 Å². The number of rotatable bonds is 5. The fraction of sp³-hybridized carbons (Fsp3) is 0.350. The molecule has 7 nitrogen and oxygen atoms in total. The summed E-state index contributed by atoms with van der Waals surface area (Å²) in [5.74, 6) is 1.34. The molecule has 27 heavy (non-hydrogen) atoms. The predicted molar refractivity (Wildman–Crippen MR) is 101 cm³/mol. The molecule has 7 heteroatoms. The number of pyridine rings is 1.